The van der Waals surface area contributed by atoms with E-state index in [1.165, 1.54) is 0 Å². The largest absolute Gasteiger partial charge is 0.388 e. The molecule has 0 bridgehead atoms. The summed E-state index contributed by atoms with van der Waals surface area (Å²) in [5.41, 5.74) is 2.12. The molecule has 2 fully saturated rings. The summed E-state index contributed by atoms with van der Waals surface area (Å²) in [7, 11) is 0. The molecule has 5 atom stereocenters. The first-order valence-electron chi connectivity index (χ1n) is 9.86. The third-order valence-corrected chi connectivity index (χ3v) is 5.32. The van der Waals surface area contributed by atoms with E-state index in [1.807, 2.05) is 74.5 Å². The van der Waals surface area contributed by atoms with Gasteiger partial charge in [0.1, 0.15) is 18.3 Å². The maximum Gasteiger partial charge on any atom is 0.163 e. The highest BCUT2D eigenvalue weighted by atomic mass is 16.8. The highest BCUT2D eigenvalue weighted by Crippen LogP contribution is 2.39. The lowest BCUT2D eigenvalue weighted by molar-refractivity contribution is -0.194. The molecule has 0 amide bonds. The van der Waals surface area contributed by atoms with Crippen molar-refractivity contribution in [1.82, 2.24) is 0 Å². The van der Waals surface area contributed by atoms with Gasteiger partial charge in [0.2, 0.25) is 0 Å². The van der Waals surface area contributed by atoms with Gasteiger partial charge in [-0.2, -0.15) is 0 Å². The molecule has 1 saturated heterocycles. The molecule has 2 aromatic carbocycles. The summed E-state index contributed by atoms with van der Waals surface area (Å²) >= 11 is 0. The van der Waals surface area contributed by atoms with Gasteiger partial charge in [0.05, 0.1) is 25.4 Å². The fourth-order valence-electron chi connectivity index (χ4n) is 4.00. The van der Waals surface area contributed by atoms with Crippen LogP contribution in [0.25, 0.3) is 0 Å². The Morgan fingerprint density at radius 1 is 0.893 bits per heavy atom. The van der Waals surface area contributed by atoms with Crippen LogP contribution in [0.2, 0.25) is 0 Å². The number of aliphatic hydroxyl groups is 1. The van der Waals surface area contributed by atoms with Gasteiger partial charge in [0, 0.05) is 6.42 Å². The first-order valence-corrected chi connectivity index (χ1v) is 9.86. The molecule has 28 heavy (non-hydrogen) atoms. The molecule has 1 saturated carbocycles. The van der Waals surface area contributed by atoms with E-state index >= 15 is 0 Å². The SMILES string of the molecule is CC1(C)OC2[C@@H](OCc3ccccc3)[C@@H](O)[C@H](OCc3ccccc3)C[C@H]2O1. The van der Waals surface area contributed by atoms with Crippen LogP contribution in [0.5, 0.6) is 0 Å². The van der Waals surface area contributed by atoms with E-state index in [1.54, 1.807) is 0 Å². The van der Waals surface area contributed by atoms with Gasteiger partial charge in [-0.25, -0.2) is 0 Å². The lowest BCUT2D eigenvalue weighted by Crippen LogP contribution is -2.56. The first-order chi connectivity index (χ1) is 13.5. The highest BCUT2D eigenvalue weighted by molar-refractivity contribution is 5.14. The molecule has 1 unspecified atom stereocenters. The number of aliphatic hydroxyl groups excluding tert-OH is 1. The van der Waals surface area contributed by atoms with E-state index in [9.17, 15) is 5.11 Å². The number of rotatable bonds is 6. The average Bonchev–Trinajstić information content (AvgIpc) is 3.01. The molecule has 1 heterocycles. The molecule has 1 aliphatic carbocycles. The fraction of sp³-hybridized carbons (Fsp3) is 0.478. The van der Waals surface area contributed by atoms with Crippen LogP contribution in [0.4, 0.5) is 0 Å². The van der Waals surface area contributed by atoms with Crippen LogP contribution in [0.1, 0.15) is 31.4 Å². The Labute approximate surface area is 166 Å². The van der Waals surface area contributed by atoms with Crippen molar-refractivity contribution in [1.29, 1.82) is 0 Å². The Hall–Kier alpha value is -1.76. The lowest BCUT2D eigenvalue weighted by Gasteiger charge is -2.40. The van der Waals surface area contributed by atoms with Crippen molar-refractivity contribution in [2.24, 2.45) is 0 Å². The summed E-state index contributed by atoms with van der Waals surface area (Å²) in [5, 5.41) is 11.0. The minimum Gasteiger partial charge on any atom is -0.388 e. The predicted octanol–water partition coefficient (Wildman–Crippen LogP) is 3.44. The van der Waals surface area contributed by atoms with Crippen molar-refractivity contribution >= 4 is 0 Å². The van der Waals surface area contributed by atoms with Crippen LogP contribution in [-0.2, 0) is 32.2 Å². The quantitative estimate of drug-likeness (QED) is 0.827. The predicted molar refractivity (Wildman–Crippen MR) is 104 cm³/mol. The van der Waals surface area contributed by atoms with Crippen molar-refractivity contribution in [2.75, 3.05) is 0 Å². The van der Waals surface area contributed by atoms with Crippen LogP contribution < -0.4 is 0 Å². The van der Waals surface area contributed by atoms with E-state index < -0.39 is 18.0 Å². The molecule has 2 aliphatic rings. The van der Waals surface area contributed by atoms with Gasteiger partial charge >= 0.3 is 0 Å². The zero-order valence-electron chi connectivity index (χ0n) is 16.4. The minimum atomic E-state index is -0.786. The second kappa shape index (κ2) is 8.31. The summed E-state index contributed by atoms with van der Waals surface area (Å²) < 4.78 is 24.4. The Morgan fingerprint density at radius 3 is 2.07 bits per heavy atom. The van der Waals surface area contributed by atoms with Crippen LogP contribution >= 0.6 is 0 Å². The molecular formula is C23H28O5. The van der Waals surface area contributed by atoms with Crippen LogP contribution in [0, 0.1) is 0 Å². The summed E-state index contributed by atoms with van der Waals surface area (Å²) in [6.07, 6.45) is -1.58. The minimum absolute atomic E-state index is 0.167. The molecule has 4 rings (SSSR count). The second-order valence-corrected chi connectivity index (χ2v) is 7.96. The van der Waals surface area contributed by atoms with Crippen LogP contribution in [0.15, 0.2) is 60.7 Å². The molecule has 1 aliphatic heterocycles. The number of hydrogen-bond donors (Lipinski definition) is 1. The summed E-state index contributed by atoms with van der Waals surface area (Å²) in [6.45, 7) is 4.63. The molecule has 0 radical (unpaired) electrons. The molecule has 5 nitrogen and oxygen atoms in total. The number of hydrogen-bond acceptors (Lipinski definition) is 5. The molecule has 1 N–H and O–H groups in total. The van der Waals surface area contributed by atoms with E-state index in [-0.39, 0.29) is 18.3 Å². The Balaban J connectivity index is 1.46. The third kappa shape index (κ3) is 4.45. The average molecular weight is 384 g/mol. The van der Waals surface area contributed by atoms with Gasteiger partial charge < -0.3 is 24.1 Å². The van der Waals surface area contributed by atoms with E-state index in [0.717, 1.165) is 11.1 Å². The Morgan fingerprint density at radius 2 is 1.46 bits per heavy atom. The topological polar surface area (TPSA) is 57.2 Å². The van der Waals surface area contributed by atoms with Crippen LogP contribution in [-0.4, -0.2) is 41.4 Å². The van der Waals surface area contributed by atoms with Crippen molar-refractivity contribution in [3.63, 3.8) is 0 Å². The van der Waals surface area contributed by atoms with Gasteiger partial charge in [0.15, 0.2) is 5.79 Å². The smallest absolute Gasteiger partial charge is 0.163 e. The number of ether oxygens (including phenoxy) is 4. The van der Waals surface area contributed by atoms with Crippen molar-refractivity contribution in [2.45, 2.75) is 69.8 Å². The van der Waals surface area contributed by atoms with Gasteiger partial charge in [-0.1, -0.05) is 60.7 Å². The van der Waals surface area contributed by atoms with Gasteiger partial charge in [0.25, 0.3) is 0 Å². The zero-order chi connectivity index (χ0) is 19.6. The lowest BCUT2D eigenvalue weighted by atomic mass is 9.87. The summed E-state index contributed by atoms with van der Waals surface area (Å²) in [5.74, 6) is -0.697. The highest BCUT2D eigenvalue weighted by Gasteiger charge is 2.54. The second-order valence-electron chi connectivity index (χ2n) is 7.96. The molecule has 0 aromatic heterocycles. The third-order valence-electron chi connectivity index (χ3n) is 5.32. The molecule has 150 valence electrons. The standard InChI is InChI=1S/C23H28O5/c1-23(2)27-19-13-18(25-14-16-9-5-3-6-10-16)20(24)22(21(19)28-23)26-15-17-11-7-4-8-12-17/h3-12,18-22,24H,13-15H2,1-2H3/t18-,19-,20+,21?,22+/m1/s1. The summed E-state index contributed by atoms with van der Waals surface area (Å²) in [4.78, 5) is 0. The molecule has 2 aromatic rings. The van der Waals surface area contributed by atoms with Gasteiger partial charge in [-0.3, -0.25) is 0 Å². The normalized spacial score (nSPS) is 31.5. The van der Waals surface area contributed by atoms with Crippen molar-refractivity contribution in [3.8, 4) is 0 Å². The van der Waals surface area contributed by atoms with Crippen molar-refractivity contribution in [3.05, 3.63) is 71.8 Å². The molecule has 0 spiro atoms. The summed E-state index contributed by atoms with van der Waals surface area (Å²) in [6, 6.07) is 19.9. The van der Waals surface area contributed by atoms with Gasteiger partial charge in [-0.05, 0) is 25.0 Å². The maximum absolute atomic E-state index is 11.0. The van der Waals surface area contributed by atoms with Crippen LogP contribution in [0.3, 0.4) is 0 Å². The van der Waals surface area contributed by atoms with E-state index in [0.29, 0.717) is 19.6 Å². The Bertz CT molecular complexity index is 748. The van der Waals surface area contributed by atoms with Gasteiger partial charge in [-0.15, -0.1) is 0 Å². The zero-order valence-corrected chi connectivity index (χ0v) is 16.4. The Kier molecular flexibility index (Phi) is 5.80. The van der Waals surface area contributed by atoms with E-state index in [4.69, 9.17) is 18.9 Å². The van der Waals surface area contributed by atoms with E-state index in [2.05, 4.69) is 0 Å². The maximum atomic E-state index is 11.0. The monoisotopic (exact) mass is 384 g/mol. The fourth-order valence-corrected chi connectivity index (χ4v) is 4.00. The number of fused-ring (bicyclic) bond motifs is 1. The molecular weight excluding hydrogens is 356 g/mol. The first kappa shape index (κ1) is 19.6. The number of benzene rings is 2. The van der Waals surface area contributed by atoms with Crippen molar-refractivity contribution < 1.29 is 24.1 Å². The molecule has 5 heteroatoms.